The molecule has 2 unspecified atom stereocenters. The Morgan fingerprint density at radius 1 is 1.19 bits per heavy atom. The van der Waals surface area contributed by atoms with E-state index >= 15 is 0 Å². The van der Waals surface area contributed by atoms with E-state index in [9.17, 15) is 4.79 Å². The summed E-state index contributed by atoms with van der Waals surface area (Å²) in [6.45, 7) is 5.12. The zero-order valence-electron chi connectivity index (χ0n) is 13.8. The quantitative estimate of drug-likeness (QED) is 0.845. The van der Waals surface area contributed by atoms with Crippen LogP contribution in [0.3, 0.4) is 0 Å². The molecule has 2 aliphatic rings. The van der Waals surface area contributed by atoms with Crippen LogP contribution in [-0.2, 0) is 4.79 Å². The van der Waals surface area contributed by atoms with Gasteiger partial charge < -0.3 is 5.32 Å². The van der Waals surface area contributed by atoms with Gasteiger partial charge in [-0.2, -0.15) is 11.8 Å². The van der Waals surface area contributed by atoms with Gasteiger partial charge >= 0.3 is 0 Å². The molecule has 21 heavy (non-hydrogen) atoms. The monoisotopic (exact) mass is 312 g/mol. The molecule has 122 valence electrons. The summed E-state index contributed by atoms with van der Waals surface area (Å²) in [5, 5.41) is 3.91. The Hall–Kier alpha value is -0.220. The first-order chi connectivity index (χ1) is 10.2. The fraction of sp³-hybridized carbons (Fsp3) is 0.941. The van der Waals surface area contributed by atoms with Crippen molar-refractivity contribution >= 4 is 17.7 Å². The average Bonchev–Trinajstić information content (AvgIpc) is 2.78. The second kappa shape index (κ2) is 9.04. The van der Waals surface area contributed by atoms with Crippen molar-refractivity contribution in [2.45, 2.75) is 69.6 Å². The topological polar surface area (TPSA) is 32.3 Å². The molecule has 1 saturated heterocycles. The molecule has 0 aromatic rings. The van der Waals surface area contributed by atoms with E-state index in [2.05, 4.69) is 23.4 Å². The first kappa shape index (κ1) is 17.1. The van der Waals surface area contributed by atoms with Crippen LogP contribution in [-0.4, -0.2) is 48.0 Å². The van der Waals surface area contributed by atoms with Crippen molar-refractivity contribution in [2.75, 3.05) is 25.9 Å². The molecule has 2 fully saturated rings. The van der Waals surface area contributed by atoms with Crippen molar-refractivity contribution < 1.29 is 4.79 Å². The van der Waals surface area contributed by atoms with Gasteiger partial charge in [0, 0.05) is 18.3 Å². The molecule has 1 aliphatic carbocycles. The lowest BCUT2D eigenvalue weighted by molar-refractivity contribution is -0.126. The molecule has 2 rings (SSSR count). The molecular formula is C17H32N2OS. The van der Waals surface area contributed by atoms with Crippen LogP contribution >= 0.6 is 11.8 Å². The normalized spacial score (nSPS) is 27.0. The molecule has 1 N–H and O–H groups in total. The van der Waals surface area contributed by atoms with Gasteiger partial charge in [0.15, 0.2) is 0 Å². The van der Waals surface area contributed by atoms with Crippen LogP contribution in [0.15, 0.2) is 0 Å². The molecule has 1 saturated carbocycles. The number of carbonyl (C=O) groups is 1. The molecule has 0 aromatic carbocycles. The molecule has 1 aliphatic heterocycles. The van der Waals surface area contributed by atoms with E-state index in [-0.39, 0.29) is 11.9 Å². The third-order valence-corrected chi connectivity index (χ3v) is 6.26. The highest BCUT2D eigenvalue weighted by Crippen LogP contribution is 2.23. The average molecular weight is 313 g/mol. The maximum absolute atomic E-state index is 12.4. The van der Waals surface area contributed by atoms with Crippen LogP contribution in [0.4, 0.5) is 0 Å². The van der Waals surface area contributed by atoms with Crippen LogP contribution in [0.5, 0.6) is 0 Å². The third kappa shape index (κ3) is 5.48. The Balaban J connectivity index is 1.77. The third-order valence-electron chi connectivity index (χ3n) is 5.21. The summed E-state index contributed by atoms with van der Waals surface area (Å²) in [5.74, 6) is 0.959. The van der Waals surface area contributed by atoms with E-state index in [4.69, 9.17) is 0 Å². The van der Waals surface area contributed by atoms with Crippen molar-refractivity contribution in [3.8, 4) is 0 Å². The fourth-order valence-electron chi connectivity index (χ4n) is 3.62. The minimum absolute atomic E-state index is 0.0290. The molecule has 1 amide bonds. The zero-order valence-corrected chi connectivity index (χ0v) is 14.6. The maximum Gasteiger partial charge on any atom is 0.237 e. The van der Waals surface area contributed by atoms with Gasteiger partial charge in [-0.1, -0.05) is 25.7 Å². The summed E-state index contributed by atoms with van der Waals surface area (Å²) < 4.78 is 0. The maximum atomic E-state index is 12.4. The van der Waals surface area contributed by atoms with Gasteiger partial charge in [-0.3, -0.25) is 9.69 Å². The first-order valence-corrected chi connectivity index (χ1v) is 10.0. The van der Waals surface area contributed by atoms with Gasteiger partial charge in [-0.05, 0) is 51.3 Å². The SMILES string of the molecule is CSC1CCCCN(C(C)C(=O)NCC2CCCCC2)C1. The van der Waals surface area contributed by atoms with Crippen molar-refractivity contribution in [2.24, 2.45) is 5.92 Å². The van der Waals surface area contributed by atoms with Crippen LogP contribution in [0.25, 0.3) is 0 Å². The smallest absolute Gasteiger partial charge is 0.237 e. The van der Waals surface area contributed by atoms with E-state index in [0.717, 1.165) is 25.6 Å². The Kier molecular flexibility index (Phi) is 7.38. The highest BCUT2D eigenvalue weighted by atomic mass is 32.2. The fourth-order valence-corrected chi connectivity index (χ4v) is 4.37. The van der Waals surface area contributed by atoms with Gasteiger partial charge in [0.25, 0.3) is 0 Å². The van der Waals surface area contributed by atoms with Gasteiger partial charge in [0.1, 0.15) is 0 Å². The van der Waals surface area contributed by atoms with E-state index in [1.165, 1.54) is 51.4 Å². The highest BCUT2D eigenvalue weighted by Gasteiger charge is 2.26. The Bertz CT molecular complexity index is 318. The molecule has 3 nitrogen and oxygen atoms in total. The number of likely N-dealkylation sites (tertiary alicyclic amines) is 1. The minimum atomic E-state index is 0.0290. The van der Waals surface area contributed by atoms with Crippen molar-refractivity contribution in [3.05, 3.63) is 0 Å². The van der Waals surface area contributed by atoms with Gasteiger partial charge in [0.2, 0.25) is 5.91 Å². The van der Waals surface area contributed by atoms with Gasteiger partial charge in [-0.25, -0.2) is 0 Å². The number of nitrogens with zero attached hydrogens (tertiary/aromatic N) is 1. The highest BCUT2D eigenvalue weighted by molar-refractivity contribution is 7.99. The molecular weight excluding hydrogens is 280 g/mol. The molecule has 1 heterocycles. The number of rotatable bonds is 5. The lowest BCUT2D eigenvalue weighted by Crippen LogP contribution is -2.48. The minimum Gasteiger partial charge on any atom is -0.354 e. The van der Waals surface area contributed by atoms with Gasteiger partial charge in [0.05, 0.1) is 6.04 Å². The Morgan fingerprint density at radius 2 is 1.90 bits per heavy atom. The van der Waals surface area contributed by atoms with Crippen LogP contribution < -0.4 is 5.32 Å². The second-order valence-corrected chi connectivity index (χ2v) is 7.91. The molecule has 0 spiro atoms. The predicted octanol–water partition coefficient (Wildman–Crippen LogP) is 3.29. The number of carbonyl (C=O) groups excluding carboxylic acids is 1. The van der Waals surface area contributed by atoms with Crippen molar-refractivity contribution in [3.63, 3.8) is 0 Å². The number of thioether (sulfide) groups is 1. The summed E-state index contributed by atoms with van der Waals surface area (Å²) in [5.41, 5.74) is 0. The Labute approximate surface area is 134 Å². The summed E-state index contributed by atoms with van der Waals surface area (Å²) >= 11 is 1.95. The largest absolute Gasteiger partial charge is 0.354 e. The standard InChI is InChI=1S/C17H32N2OS/c1-14(19-11-7-6-10-16(13-19)21-2)17(20)18-12-15-8-4-3-5-9-15/h14-16H,3-13H2,1-2H3,(H,18,20). The number of amides is 1. The molecule has 0 bridgehead atoms. The first-order valence-electron chi connectivity index (χ1n) is 8.75. The Morgan fingerprint density at radius 3 is 2.62 bits per heavy atom. The molecule has 2 atom stereocenters. The summed E-state index contributed by atoms with van der Waals surface area (Å²) in [6, 6.07) is 0.0290. The van der Waals surface area contributed by atoms with Crippen LogP contribution in [0.2, 0.25) is 0 Å². The lowest BCUT2D eigenvalue weighted by Gasteiger charge is -2.30. The molecule has 0 aromatic heterocycles. The second-order valence-electron chi connectivity index (χ2n) is 6.77. The van der Waals surface area contributed by atoms with Crippen molar-refractivity contribution in [1.82, 2.24) is 10.2 Å². The van der Waals surface area contributed by atoms with Gasteiger partial charge in [-0.15, -0.1) is 0 Å². The predicted molar refractivity (Wildman–Crippen MR) is 91.8 cm³/mol. The summed E-state index contributed by atoms with van der Waals surface area (Å²) in [7, 11) is 0. The molecule has 0 radical (unpaired) electrons. The zero-order chi connectivity index (χ0) is 15.1. The number of nitrogens with one attached hydrogen (secondary N) is 1. The lowest BCUT2D eigenvalue weighted by atomic mass is 9.89. The van der Waals surface area contributed by atoms with Crippen LogP contribution in [0.1, 0.15) is 58.3 Å². The molecule has 4 heteroatoms. The number of hydrogen-bond acceptors (Lipinski definition) is 3. The van der Waals surface area contributed by atoms with Crippen LogP contribution in [0, 0.1) is 5.92 Å². The van der Waals surface area contributed by atoms with E-state index in [0.29, 0.717) is 5.25 Å². The number of hydrogen-bond donors (Lipinski definition) is 1. The van der Waals surface area contributed by atoms with E-state index in [1.54, 1.807) is 0 Å². The summed E-state index contributed by atoms with van der Waals surface area (Å²) in [4.78, 5) is 14.8. The van der Waals surface area contributed by atoms with Crippen molar-refractivity contribution in [1.29, 1.82) is 0 Å². The van der Waals surface area contributed by atoms with E-state index < -0.39 is 0 Å². The summed E-state index contributed by atoms with van der Waals surface area (Å²) in [6.07, 6.45) is 12.7. The van der Waals surface area contributed by atoms with E-state index in [1.807, 2.05) is 11.8 Å².